The largest absolute Gasteiger partial charge is 0.361 e. The number of benzene rings is 2. The number of aryl methyl sites for hydroxylation is 1. The number of hydrogen-bond acceptors (Lipinski definition) is 2. The smallest absolute Gasteiger partial charge is 0.222 e. The molecule has 1 saturated heterocycles. The molecule has 2 aromatic carbocycles. The Hall–Kier alpha value is -2.55. The van der Waals surface area contributed by atoms with Crippen molar-refractivity contribution in [2.75, 3.05) is 19.6 Å². The maximum absolute atomic E-state index is 11.8. The van der Waals surface area contributed by atoms with Crippen LogP contribution >= 0.6 is 24.0 Å². The van der Waals surface area contributed by atoms with Gasteiger partial charge in [-0.05, 0) is 55.0 Å². The van der Waals surface area contributed by atoms with E-state index in [1.807, 2.05) is 4.90 Å². The highest BCUT2D eigenvalue weighted by atomic mass is 127. The monoisotopic (exact) mass is 559 g/mol. The molecular formula is C26H34IN5O. The van der Waals surface area contributed by atoms with E-state index in [-0.39, 0.29) is 29.9 Å². The summed E-state index contributed by atoms with van der Waals surface area (Å²) in [4.78, 5) is 21.9. The minimum absolute atomic E-state index is 0. The number of aromatic amines is 1. The number of carbonyl (C=O) groups is 1. The average Bonchev–Trinajstić information content (AvgIpc) is 3.38. The van der Waals surface area contributed by atoms with E-state index in [4.69, 9.17) is 4.99 Å². The van der Waals surface area contributed by atoms with Crippen LogP contribution in [0.1, 0.15) is 42.0 Å². The summed E-state index contributed by atoms with van der Waals surface area (Å²) in [5.41, 5.74) is 6.11. The fraction of sp³-hybridized carbons (Fsp3) is 0.385. The highest BCUT2D eigenvalue weighted by molar-refractivity contribution is 14.0. The van der Waals surface area contributed by atoms with Gasteiger partial charge in [0.15, 0.2) is 5.96 Å². The Kier molecular flexibility index (Phi) is 9.17. The highest BCUT2D eigenvalue weighted by Crippen LogP contribution is 2.19. The van der Waals surface area contributed by atoms with Crippen molar-refractivity contribution in [2.45, 2.75) is 46.2 Å². The third-order valence-corrected chi connectivity index (χ3v) is 5.94. The van der Waals surface area contributed by atoms with Gasteiger partial charge in [0.25, 0.3) is 0 Å². The topological polar surface area (TPSA) is 72.5 Å². The first-order valence-corrected chi connectivity index (χ1v) is 11.6. The summed E-state index contributed by atoms with van der Waals surface area (Å²) in [7, 11) is 0. The third-order valence-electron chi connectivity index (χ3n) is 5.94. The molecule has 1 aliphatic rings. The van der Waals surface area contributed by atoms with Crippen LogP contribution < -0.4 is 10.6 Å². The Morgan fingerprint density at radius 3 is 2.64 bits per heavy atom. The lowest BCUT2D eigenvalue weighted by atomic mass is 10.1. The summed E-state index contributed by atoms with van der Waals surface area (Å²) < 4.78 is 0. The Bertz CT molecular complexity index is 1090. The predicted octanol–water partition coefficient (Wildman–Crippen LogP) is 4.51. The van der Waals surface area contributed by atoms with Crippen LogP contribution in [-0.2, 0) is 24.3 Å². The first kappa shape index (κ1) is 25.1. The van der Waals surface area contributed by atoms with Gasteiger partial charge < -0.3 is 20.5 Å². The van der Waals surface area contributed by atoms with Crippen LogP contribution in [0.25, 0.3) is 10.9 Å². The summed E-state index contributed by atoms with van der Waals surface area (Å²) in [5.74, 6) is 1.10. The lowest BCUT2D eigenvalue weighted by molar-refractivity contribution is -0.128. The summed E-state index contributed by atoms with van der Waals surface area (Å²) in [5, 5.41) is 8.07. The van der Waals surface area contributed by atoms with Crippen LogP contribution in [-0.4, -0.2) is 41.4 Å². The number of nitrogens with one attached hydrogen (secondary N) is 3. The number of rotatable bonds is 8. The number of guanidine groups is 1. The van der Waals surface area contributed by atoms with Crippen molar-refractivity contribution in [3.8, 4) is 0 Å². The zero-order valence-corrected chi connectivity index (χ0v) is 21.8. The van der Waals surface area contributed by atoms with Gasteiger partial charge in [0.2, 0.25) is 5.91 Å². The molecular weight excluding hydrogens is 525 g/mol. The number of carbonyl (C=O) groups excluding carboxylic acids is 1. The molecule has 0 saturated carbocycles. The average molecular weight is 559 g/mol. The molecule has 6 nitrogen and oxygen atoms in total. The van der Waals surface area contributed by atoms with E-state index in [9.17, 15) is 4.79 Å². The van der Waals surface area contributed by atoms with E-state index in [1.165, 1.54) is 27.6 Å². The molecule has 7 heteroatoms. The number of fused-ring (bicyclic) bond motifs is 1. The minimum Gasteiger partial charge on any atom is -0.361 e. The van der Waals surface area contributed by atoms with E-state index in [0.29, 0.717) is 19.5 Å². The number of likely N-dealkylation sites (tertiary alicyclic amines) is 1. The summed E-state index contributed by atoms with van der Waals surface area (Å²) in [6.07, 6.45) is 4.70. The minimum atomic E-state index is 0. The number of amides is 1. The Labute approximate surface area is 213 Å². The molecule has 1 fully saturated rings. The van der Waals surface area contributed by atoms with Gasteiger partial charge in [0.1, 0.15) is 0 Å². The van der Waals surface area contributed by atoms with E-state index in [1.54, 1.807) is 0 Å². The second-order valence-corrected chi connectivity index (χ2v) is 8.47. The van der Waals surface area contributed by atoms with Gasteiger partial charge >= 0.3 is 0 Å². The Balaban J connectivity index is 0.00000306. The van der Waals surface area contributed by atoms with Crippen molar-refractivity contribution in [2.24, 2.45) is 4.99 Å². The molecule has 1 amide bonds. The van der Waals surface area contributed by atoms with Gasteiger partial charge in [-0.3, -0.25) is 4.79 Å². The van der Waals surface area contributed by atoms with Crippen LogP contribution in [0.3, 0.4) is 0 Å². The quantitative estimate of drug-likeness (QED) is 0.216. The maximum Gasteiger partial charge on any atom is 0.222 e. The molecule has 3 N–H and O–H groups in total. The van der Waals surface area contributed by atoms with Crippen molar-refractivity contribution in [3.63, 3.8) is 0 Å². The molecule has 176 valence electrons. The second-order valence-electron chi connectivity index (χ2n) is 8.47. The normalized spacial score (nSPS) is 13.9. The molecule has 0 radical (unpaired) electrons. The number of aromatic nitrogens is 1. The van der Waals surface area contributed by atoms with Crippen molar-refractivity contribution in [1.82, 2.24) is 20.5 Å². The lowest BCUT2D eigenvalue weighted by Gasteiger charge is -2.15. The number of nitrogens with zero attached hydrogens (tertiary/aromatic N) is 2. The van der Waals surface area contributed by atoms with E-state index >= 15 is 0 Å². The standard InChI is InChI=1S/C26H33N5O.HI/c1-3-27-26(28-13-12-22-17-29-24-15-19(2)6-11-23(22)24)30-16-20-7-9-21(10-8-20)18-31-14-4-5-25(31)32;/h6-11,15,17,29H,3-5,12-14,16,18H2,1-2H3,(H2,27,28,30);1H. The molecule has 3 aromatic rings. The number of H-pyrrole nitrogens is 1. The first-order chi connectivity index (χ1) is 15.6. The SMILES string of the molecule is CCNC(=NCc1ccc(CN2CCCC2=O)cc1)NCCc1c[nH]c2cc(C)ccc12.I. The summed E-state index contributed by atoms with van der Waals surface area (Å²) in [6, 6.07) is 15.0. The van der Waals surface area contributed by atoms with Gasteiger partial charge in [-0.1, -0.05) is 36.4 Å². The van der Waals surface area contributed by atoms with E-state index in [0.717, 1.165) is 44.0 Å². The molecule has 0 aliphatic carbocycles. The van der Waals surface area contributed by atoms with Crippen molar-refractivity contribution >= 4 is 46.7 Å². The fourth-order valence-electron chi connectivity index (χ4n) is 4.18. The van der Waals surface area contributed by atoms with Gasteiger partial charge in [-0.15, -0.1) is 24.0 Å². The van der Waals surface area contributed by atoms with Crippen LogP contribution in [0, 0.1) is 6.92 Å². The molecule has 0 atom stereocenters. The van der Waals surface area contributed by atoms with Crippen LogP contribution in [0.15, 0.2) is 53.7 Å². The van der Waals surface area contributed by atoms with E-state index < -0.39 is 0 Å². The van der Waals surface area contributed by atoms with E-state index in [2.05, 4.69) is 78.1 Å². The molecule has 2 heterocycles. The second kappa shape index (κ2) is 12.1. The van der Waals surface area contributed by atoms with Crippen LogP contribution in [0.5, 0.6) is 0 Å². The molecule has 1 aromatic heterocycles. The molecule has 1 aliphatic heterocycles. The maximum atomic E-state index is 11.8. The zero-order chi connectivity index (χ0) is 22.3. The highest BCUT2D eigenvalue weighted by Gasteiger charge is 2.19. The number of halogens is 1. The molecule has 0 bridgehead atoms. The molecule has 0 unspecified atom stereocenters. The molecule has 33 heavy (non-hydrogen) atoms. The third kappa shape index (κ3) is 6.72. The number of hydrogen-bond donors (Lipinski definition) is 3. The molecule has 0 spiro atoms. The van der Waals surface area contributed by atoms with Crippen molar-refractivity contribution in [3.05, 3.63) is 70.9 Å². The van der Waals surface area contributed by atoms with Gasteiger partial charge in [-0.25, -0.2) is 4.99 Å². The number of aliphatic imine (C=N–C) groups is 1. The Morgan fingerprint density at radius 2 is 1.91 bits per heavy atom. The van der Waals surface area contributed by atoms with Crippen LogP contribution in [0.4, 0.5) is 0 Å². The molecule has 4 rings (SSSR count). The summed E-state index contributed by atoms with van der Waals surface area (Å²) >= 11 is 0. The van der Waals surface area contributed by atoms with Gasteiger partial charge in [0.05, 0.1) is 6.54 Å². The fourth-order valence-corrected chi connectivity index (χ4v) is 4.18. The summed E-state index contributed by atoms with van der Waals surface area (Å²) in [6.45, 7) is 8.03. The van der Waals surface area contributed by atoms with Gasteiger partial charge in [-0.2, -0.15) is 0 Å². The van der Waals surface area contributed by atoms with Gasteiger partial charge in [0, 0.05) is 49.7 Å². The predicted molar refractivity (Wildman–Crippen MR) is 146 cm³/mol. The van der Waals surface area contributed by atoms with Crippen LogP contribution in [0.2, 0.25) is 0 Å². The lowest BCUT2D eigenvalue weighted by Crippen LogP contribution is -2.38. The van der Waals surface area contributed by atoms with Crippen molar-refractivity contribution < 1.29 is 4.79 Å². The van der Waals surface area contributed by atoms with Crippen molar-refractivity contribution in [1.29, 1.82) is 0 Å². The Morgan fingerprint density at radius 1 is 1.12 bits per heavy atom. The first-order valence-electron chi connectivity index (χ1n) is 11.6. The zero-order valence-electron chi connectivity index (χ0n) is 19.5.